The minimum absolute atomic E-state index is 0.0147. The third-order valence-electron chi connectivity index (χ3n) is 3.94. The van der Waals surface area contributed by atoms with E-state index in [1.807, 2.05) is 6.08 Å². The van der Waals surface area contributed by atoms with Gasteiger partial charge in [-0.25, -0.2) is 0 Å². The van der Waals surface area contributed by atoms with Crippen molar-refractivity contribution in [3.05, 3.63) is 23.8 Å². The number of carbonyl (C=O) groups excluding carboxylic acids is 1. The average Bonchev–Trinajstić information content (AvgIpc) is 2.38. The predicted molar refractivity (Wildman–Crippen MR) is 88.1 cm³/mol. The van der Waals surface area contributed by atoms with E-state index in [2.05, 4.69) is 52.9 Å². The molecule has 0 aliphatic carbocycles. The Balaban J connectivity index is 2.53. The van der Waals surface area contributed by atoms with E-state index in [9.17, 15) is 4.79 Å². The van der Waals surface area contributed by atoms with E-state index >= 15 is 0 Å². The maximum Gasteiger partial charge on any atom is 0.243 e. The van der Waals surface area contributed by atoms with Crippen molar-refractivity contribution in [1.82, 2.24) is 5.32 Å². The van der Waals surface area contributed by atoms with Gasteiger partial charge in [-0.15, -0.1) is 0 Å². The number of rotatable bonds is 5. The molecule has 3 heteroatoms. The molecule has 4 atom stereocenters. The van der Waals surface area contributed by atoms with Gasteiger partial charge in [-0.2, -0.15) is 0 Å². The van der Waals surface area contributed by atoms with Crippen LogP contribution in [0.1, 0.15) is 54.4 Å². The molecule has 1 saturated heterocycles. The topological polar surface area (TPSA) is 38.3 Å². The second kappa shape index (κ2) is 8.38. The molecule has 0 aromatic heterocycles. The Morgan fingerprint density at radius 2 is 2.00 bits per heavy atom. The van der Waals surface area contributed by atoms with Crippen molar-refractivity contribution in [3.8, 4) is 0 Å². The fraction of sp³-hybridized carbons (Fsp3) is 0.722. The SMILES string of the molecule is CC(C)=CC[C@@H]1O[C@H](C)[C@H](NC(=O)/C=C\C(C)C)C[C@H]1C. The molecule has 1 aliphatic rings. The summed E-state index contributed by atoms with van der Waals surface area (Å²) in [4.78, 5) is 11.9. The Morgan fingerprint density at radius 1 is 1.33 bits per heavy atom. The van der Waals surface area contributed by atoms with E-state index < -0.39 is 0 Å². The Kier molecular flexibility index (Phi) is 7.16. The Labute approximate surface area is 129 Å². The number of hydrogen-bond acceptors (Lipinski definition) is 2. The normalized spacial score (nSPS) is 29.7. The molecule has 1 aliphatic heterocycles. The first-order valence-corrected chi connectivity index (χ1v) is 8.07. The molecular weight excluding hydrogens is 262 g/mol. The van der Waals surface area contributed by atoms with E-state index in [0.717, 1.165) is 12.8 Å². The van der Waals surface area contributed by atoms with Crippen LogP contribution in [0.4, 0.5) is 0 Å². The lowest BCUT2D eigenvalue weighted by atomic mass is 9.88. The van der Waals surface area contributed by atoms with Gasteiger partial charge in [-0.3, -0.25) is 4.79 Å². The van der Waals surface area contributed by atoms with Crippen LogP contribution in [0.15, 0.2) is 23.8 Å². The van der Waals surface area contributed by atoms with Crippen LogP contribution >= 0.6 is 0 Å². The number of nitrogens with one attached hydrogen (secondary N) is 1. The highest BCUT2D eigenvalue weighted by molar-refractivity contribution is 5.87. The van der Waals surface area contributed by atoms with Crippen LogP contribution in [0, 0.1) is 11.8 Å². The van der Waals surface area contributed by atoms with Gasteiger partial charge >= 0.3 is 0 Å². The molecule has 0 saturated carbocycles. The zero-order valence-corrected chi connectivity index (χ0v) is 14.3. The Hall–Kier alpha value is -1.09. The second-order valence-corrected chi connectivity index (χ2v) is 6.83. The molecule has 21 heavy (non-hydrogen) atoms. The monoisotopic (exact) mass is 293 g/mol. The standard InChI is InChI=1S/C18H31NO2/c1-12(2)7-9-17-14(5)11-16(15(6)21-17)19-18(20)10-8-13(3)4/h7-8,10,13-17H,9,11H2,1-6H3,(H,19,20)/b10-8-/t14-,15-,16-,17+/m1/s1. The third kappa shape index (κ3) is 6.47. The molecule has 1 N–H and O–H groups in total. The largest absolute Gasteiger partial charge is 0.373 e. The van der Waals surface area contributed by atoms with Crippen LogP contribution in [0.2, 0.25) is 0 Å². The summed E-state index contributed by atoms with van der Waals surface area (Å²) in [5, 5.41) is 3.07. The smallest absolute Gasteiger partial charge is 0.243 e. The van der Waals surface area contributed by atoms with Crippen molar-refractivity contribution in [1.29, 1.82) is 0 Å². The minimum atomic E-state index is -0.0147. The molecule has 0 spiro atoms. The van der Waals surface area contributed by atoms with E-state index in [-0.39, 0.29) is 24.2 Å². The van der Waals surface area contributed by atoms with Crippen molar-refractivity contribution >= 4 is 5.91 Å². The van der Waals surface area contributed by atoms with Gasteiger partial charge < -0.3 is 10.1 Å². The molecule has 1 fully saturated rings. The summed E-state index contributed by atoms with van der Waals surface area (Å²) < 4.78 is 6.10. The van der Waals surface area contributed by atoms with Crippen LogP contribution in [0.5, 0.6) is 0 Å². The molecule has 120 valence electrons. The minimum Gasteiger partial charge on any atom is -0.373 e. The van der Waals surface area contributed by atoms with Crippen molar-refractivity contribution in [2.75, 3.05) is 0 Å². The van der Waals surface area contributed by atoms with Gasteiger partial charge in [0, 0.05) is 0 Å². The first-order chi connectivity index (χ1) is 9.79. The van der Waals surface area contributed by atoms with Crippen LogP contribution in [-0.2, 0) is 9.53 Å². The van der Waals surface area contributed by atoms with Gasteiger partial charge in [0.2, 0.25) is 5.91 Å². The van der Waals surface area contributed by atoms with Crippen LogP contribution < -0.4 is 5.32 Å². The van der Waals surface area contributed by atoms with E-state index in [4.69, 9.17) is 4.74 Å². The first-order valence-electron chi connectivity index (χ1n) is 8.07. The number of allylic oxidation sites excluding steroid dienone is 2. The van der Waals surface area contributed by atoms with Gasteiger partial charge in [0.05, 0.1) is 18.2 Å². The molecule has 1 rings (SSSR count). The Morgan fingerprint density at radius 3 is 2.57 bits per heavy atom. The molecule has 1 heterocycles. The summed E-state index contributed by atoms with van der Waals surface area (Å²) in [6.45, 7) is 12.6. The van der Waals surface area contributed by atoms with Gasteiger partial charge in [-0.05, 0) is 51.5 Å². The number of carbonyl (C=O) groups is 1. The lowest BCUT2D eigenvalue weighted by Crippen LogP contribution is -2.50. The molecule has 0 bridgehead atoms. The highest BCUT2D eigenvalue weighted by Gasteiger charge is 2.33. The Bertz CT molecular complexity index is 394. The van der Waals surface area contributed by atoms with Crippen molar-refractivity contribution in [3.63, 3.8) is 0 Å². The molecule has 0 aromatic carbocycles. The number of ether oxygens (including phenoxy) is 1. The predicted octanol–water partition coefficient (Wildman–Crippen LogP) is 3.85. The number of hydrogen-bond donors (Lipinski definition) is 1. The summed E-state index contributed by atoms with van der Waals surface area (Å²) in [6.07, 6.45) is 8.05. The van der Waals surface area contributed by atoms with E-state index in [1.54, 1.807) is 6.08 Å². The maximum absolute atomic E-state index is 11.9. The van der Waals surface area contributed by atoms with E-state index in [0.29, 0.717) is 11.8 Å². The average molecular weight is 293 g/mol. The van der Waals surface area contributed by atoms with Crippen LogP contribution in [0.3, 0.4) is 0 Å². The first kappa shape index (κ1) is 18.0. The molecule has 0 unspecified atom stereocenters. The highest BCUT2D eigenvalue weighted by atomic mass is 16.5. The van der Waals surface area contributed by atoms with E-state index in [1.165, 1.54) is 5.57 Å². The van der Waals surface area contributed by atoms with Gasteiger partial charge in [-0.1, -0.05) is 38.5 Å². The van der Waals surface area contributed by atoms with Crippen molar-refractivity contribution in [2.24, 2.45) is 11.8 Å². The van der Waals surface area contributed by atoms with Crippen LogP contribution in [0.25, 0.3) is 0 Å². The van der Waals surface area contributed by atoms with Crippen LogP contribution in [-0.4, -0.2) is 24.2 Å². The molecule has 0 radical (unpaired) electrons. The highest BCUT2D eigenvalue weighted by Crippen LogP contribution is 2.27. The summed E-state index contributed by atoms with van der Waals surface area (Å²) in [6, 6.07) is 0.104. The molecular formula is C18H31NO2. The molecule has 1 amide bonds. The lowest BCUT2D eigenvalue weighted by molar-refractivity contribution is -0.123. The summed E-state index contributed by atoms with van der Waals surface area (Å²) in [7, 11) is 0. The van der Waals surface area contributed by atoms with Gasteiger partial charge in [0.15, 0.2) is 0 Å². The zero-order chi connectivity index (χ0) is 16.0. The van der Waals surface area contributed by atoms with Gasteiger partial charge in [0.1, 0.15) is 0 Å². The molecule has 0 aromatic rings. The van der Waals surface area contributed by atoms with Crippen molar-refractivity contribution < 1.29 is 9.53 Å². The fourth-order valence-electron chi connectivity index (χ4n) is 2.58. The van der Waals surface area contributed by atoms with Gasteiger partial charge in [0.25, 0.3) is 0 Å². The van der Waals surface area contributed by atoms with Crippen molar-refractivity contribution in [2.45, 2.75) is 72.6 Å². The maximum atomic E-state index is 11.9. The number of amides is 1. The third-order valence-corrected chi connectivity index (χ3v) is 3.94. The summed E-state index contributed by atoms with van der Waals surface area (Å²) in [5.74, 6) is 0.832. The molecule has 3 nitrogen and oxygen atoms in total. The fourth-order valence-corrected chi connectivity index (χ4v) is 2.58. The zero-order valence-electron chi connectivity index (χ0n) is 14.3. The summed E-state index contributed by atoms with van der Waals surface area (Å²) in [5.41, 5.74) is 1.33. The summed E-state index contributed by atoms with van der Waals surface area (Å²) >= 11 is 0. The quantitative estimate of drug-likeness (QED) is 0.617. The second-order valence-electron chi connectivity index (χ2n) is 6.83. The lowest BCUT2D eigenvalue weighted by Gasteiger charge is -2.39.